The van der Waals surface area contributed by atoms with Gasteiger partial charge in [0.2, 0.25) is 0 Å². The van der Waals surface area contributed by atoms with Crippen molar-refractivity contribution in [3.63, 3.8) is 0 Å². The average Bonchev–Trinajstić information content (AvgIpc) is 3.01. The van der Waals surface area contributed by atoms with Crippen molar-refractivity contribution in [1.82, 2.24) is 24.5 Å². The number of nitrogens with zero attached hydrogens (tertiary/aromatic N) is 5. The van der Waals surface area contributed by atoms with Crippen LogP contribution in [-0.2, 0) is 17.8 Å². The Morgan fingerprint density at radius 3 is 2.95 bits per heavy atom. The Bertz CT molecular complexity index is 532. The van der Waals surface area contributed by atoms with Crippen LogP contribution in [0.5, 0.6) is 0 Å². The maximum atomic E-state index is 11.6. The van der Waals surface area contributed by atoms with Gasteiger partial charge in [-0.3, -0.25) is 0 Å². The molecule has 0 fully saturated rings. The van der Waals surface area contributed by atoms with Crippen LogP contribution < -0.4 is 0 Å². The van der Waals surface area contributed by atoms with Crippen molar-refractivity contribution in [3.05, 3.63) is 30.1 Å². The van der Waals surface area contributed by atoms with Crippen molar-refractivity contribution in [2.75, 3.05) is 6.61 Å². The van der Waals surface area contributed by atoms with E-state index in [-0.39, 0.29) is 0 Å². The molecule has 0 saturated heterocycles. The molecule has 7 nitrogen and oxygen atoms in total. The summed E-state index contributed by atoms with van der Waals surface area (Å²) in [4.78, 5) is 15.6. The van der Waals surface area contributed by atoms with E-state index in [1.807, 2.05) is 17.7 Å². The van der Waals surface area contributed by atoms with Crippen molar-refractivity contribution < 1.29 is 9.53 Å². The third-order valence-electron chi connectivity index (χ3n) is 2.80. The number of imidazole rings is 1. The van der Waals surface area contributed by atoms with Crippen molar-refractivity contribution in [2.24, 2.45) is 0 Å². The number of rotatable bonds is 6. The van der Waals surface area contributed by atoms with Crippen LogP contribution in [0.25, 0.3) is 0 Å². The number of aromatic nitrogens is 5. The van der Waals surface area contributed by atoms with Crippen LogP contribution in [0.2, 0.25) is 0 Å². The Hall–Kier alpha value is -2.18. The molecule has 0 aromatic carbocycles. The van der Waals surface area contributed by atoms with Crippen molar-refractivity contribution in [3.8, 4) is 0 Å². The van der Waals surface area contributed by atoms with Crippen LogP contribution in [0.15, 0.2) is 18.7 Å². The molecule has 0 aliphatic carbocycles. The van der Waals surface area contributed by atoms with Gasteiger partial charge in [-0.05, 0) is 20.3 Å². The van der Waals surface area contributed by atoms with E-state index in [9.17, 15) is 4.79 Å². The third kappa shape index (κ3) is 3.18. The van der Waals surface area contributed by atoms with Gasteiger partial charge in [-0.2, -0.15) is 0 Å². The lowest BCUT2D eigenvalue weighted by Crippen LogP contribution is -2.09. The van der Waals surface area contributed by atoms with Gasteiger partial charge in [0.05, 0.1) is 18.6 Å². The monoisotopic (exact) mass is 263 g/mol. The molecule has 19 heavy (non-hydrogen) atoms. The van der Waals surface area contributed by atoms with Gasteiger partial charge in [0.1, 0.15) is 0 Å². The molecule has 2 aromatic heterocycles. The highest BCUT2D eigenvalue weighted by molar-refractivity contribution is 5.88. The van der Waals surface area contributed by atoms with E-state index in [1.165, 1.54) is 0 Å². The van der Waals surface area contributed by atoms with Crippen LogP contribution in [0.4, 0.5) is 0 Å². The highest BCUT2D eigenvalue weighted by Crippen LogP contribution is 2.06. The van der Waals surface area contributed by atoms with E-state index in [4.69, 9.17) is 4.74 Å². The van der Waals surface area contributed by atoms with Gasteiger partial charge in [0.25, 0.3) is 0 Å². The molecule has 0 aliphatic rings. The molecule has 102 valence electrons. The van der Waals surface area contributed by atoms with Crippen LogP contribution in [0.1, 0.15) is 29.5 Å². The molecule has 0 aliphatic heterocycles. The van der Waals surface area contributed by atoms with Crippen LogP contribution in [0, 0.1) is 6.92 Å². The first-order valence-electron chi connectivity index (χ1n) is 6.25. The SMILES string of the molecule is CCOC(=O)c1nnn(CCCn2ccnc2)c1C. The molecule has 0 bridgehead atoms. The zero-order chi connectivity index (χ0) is 13.7. The smallest absolute Gasteiger partial charge is 0.360 e. The van der Waals surface area contributed by atoms with Crippen molar-refractivity contribution in [1.29, 1.82) is 0 Å². The maximum absolute atomic E-state index is 11.6. The van der Waals surface area contributed by atoms with Crippen molar-refractivity contribution >= 4 is 5.97 Å². The molecule has 2 rings (SSSR count). The predicted molar refractivity (Wildman–Crippen MR) is 67.6 cm³/mol. The van der Waals surface area contributed by atoms with Crippen LogP contribution in [-0.4, -0.2) is 37.1 Å². The number of esters is 1. The number of hydrogen-bond acceptors (Lipinski definition) is 5. The molecule has 2 heterocycles. The maximum Gasteiger partial charge on any atom is 0.360 e. The quantitative estimate of drug-likeness (QED) is 0.728. The third-order valence-corrected chi connectivity index (χ3v) is 2.80. The summed E-state index contributed by atoms with van der Waals surface area (Å²) < 4.78 is 8.64. The Balaban J connectivity index is 1.92. The van der Waals surface area contributed by atoms with Crippen LogP contribution >= 0.6 is 0 Å². The fourth-order valence-electron chi connectivity index (χ4n) is 1.78. The minimum atomic E-state index is -0.416. The highest BCUT2D eigenvalue weighted by Gasteiger charge is 2.16. The topological polar surface area (TPSA) is 74.8 Å². The summed E-state index contributed by atoms with van der Waals surface area (Å²) in [6.07, 6.45) is 6.33. The zero-order valence-electron chi connectivity index (χ0n) is 11.1. The van der Waals surface area contributed by atoms with Crippen LogP contribution in [0.3, 0.4) is 0 Å². The first-order valence-corrected chi connectivity index (χ1v) is 6.25. The van der Waals surface area contributed by atoms with Gasteiger partial charge >= 0.3 is 5.97 Å². The second-order valence-corrected chi connectivity index (χ2v) is 4.12. The first kappa shape index (κ1) is 13.3. The van der Waals surface area contributed by atoms with E-state index >= 15 is 0 Å². The largest absolute Gasteiger partial charge is 0.461 e. The Labute approximate surface area is 111 Å². The Morgan fingerprint density at radius 1 is 1.42 bits per heavy atom. The van der Waals surface area contributed by atoms with Gasteiger partial charge in [0.15, 0.2) is 5.69 Å². The first-order chi connectivity index (χ1) is 9.22. The molecule has 2 aromatic rings. The summed E-state index contributed by atoms with van der Waals surface area (Å²) in [5.74, 6) is -0.416. The molecular formula is C12H17N5O2. The second kappa shape index (κ2) is 6.12. The molecule has 0 spiro atoms. The zero-order valence-corrected chi connectivity index (χ0v) is 11.1. The molecule has 0 unspecified atom stereocenters. The van der Waals surface area contributed by atoms with Gasteiger partial charge in [0, 0.05) is 25.5 Å². The molecule has 0 atom stereocenters. The summed E-state index contributed by atoms with van der Waals surface area (Å²) in [6, 6.07) is 0. The number of hydrogen-bond donors (Lipinski definition) is 0. The fraction of sp³-hybridized carbons (Fsp3) is 0.500. The number of carbonyl (C=O) groups is 1. The summed E-state index contributed by atoms with van der Waals surface area (Å²) in [5, 5.41) is 7.85. The van der Waals surface area contributed by atoms with E-state index < -0.39 is 5.97 Å². The van der Waals surface area contributed by atoms with E-state index in [0.29, 0.717) is 18.8 Å². The lowest BCUT2D eigenvalue weighted by molar-refractivity contribution is 0.0518. The highest BCUT2D eigenvalue weighted by atomic mass is 16.5. The minimum Gasteiger partial charge on any atom is -0.461 e. The molecule has 0 N–H and O–H groups in total. The molecule has 0 radical (unpaired) electrons. The van der Waals surface area contributed by atoms with Gasteiger partial charge < -0.3 is 9.30 Å². The van der Waals surface area contributed by atoms with Gasteiger partial charge in [-0.15, -0.1) is 5.10 Å². The summed E-state index contributed by atoms with van der Waals surface area (Å²) in [7, 11) is 0. The molecule has 0 saturated carbocycles. The number of ether oxygens (including phenoxy) is 1. The number of aryl methyl sites for hydroxylation is 2. The van der Waals surface area contributed by atoms with E-state index in [0.717, 1.165) is 18.7 Å². The average molecular weight is 263 g/mol. The van der Waals surface area contributed by atoms with Crippen molar-refractivity contribution in [2.45, 2.75) is 33.4 Å². The normalized spacial score (nSPS) is 10.6. The number of carbonyl (C=O) groups excluding carboxylic acids is 1. The summed E-state index contributed by atoms with van der Waals surface area (Å²) in [6.45, 7) is 5.49. The van der Waals surface area contributed by atoms with Gasteiger partial charge in [-0.1, -0.05) is 5.21 Å². The van der Waals surface area contributed by atoms with E-state index in [1.54, 1.807) is 24.1 Å². The fourth-order valence-corrected chi connectivity index (χ4v) is 1.78. The summed E-state index contributed by atoms with van der Waals surface area (Å²) >= 11 is 0. The predicted octanol–water partition coefficient (Wildman–Crippen LogP) is 1.05. The summed E-state index contributed by atoms with van der Waals surface area (Å²) in [5.41, 5.74) is 1.04. The molecular weight excluding hydrogens is 246 g/mol. The lowest BCUT2D eigenvalue weighted by Gasteiger charge is -2.04. The van der Waals surface area contributed by atoms with Gasteiger partial charge in [-0.25, -0.2) is 14.5 Å². The standard InChI is InChI=1S/C12H17N5O2/c1-3-19-12(18)11-10(2)17(15-14-11)7-4-6-16-8-5-13-9-16/h5,8-9H,3-4,6-7H2,1-2H3. The lowest BCUT2D eigenvalue weighted by atomic mass is 10.3. The molecule has 7 heteroatoms. The second-order valence-electron chi connectivity index (χ2n) is 4.12. The van der Waals surface area contributed by atoms with E-state index in [2.05, 4.69) is 15.3 Å². The Morgan fingerprint density at radius 2 is 2.26 bits per heavy atom. The Kier molecular flexibility index (Phi) is 4.27. The molecule has 0 amide bonds. The minimum absolute atomic E-state index is 0.296.